The summed E-state index contributed by atoms with van der Waals surface area (Å²) in [6.45, 7) is 0. The van der Waals surface area contributed by atoms with Crippen molar-refractivity contribution in [1.29, 1.82) is 0 Å². The molecule has 0 saturated heterocycles. The molecule has 16 aliphatic carbocycles. The molecule has 16 rings (SSSR count). The Kier molecular flexibility index (Phi) is 7.15. The molecule has 0 atom stereocenters. The van der Waals surface area contributed by atoms with Gasteiger partial charge in [-0.3, -0.25) is 0 Å². The van der Waals surface area contributed by atoms with E-state index < -0.39 is 0 Å². The lowest BCUT2D eigenvalue weighted by molar-refractivity contribution is 0.0127. The maximum Gasteiger partial charge on any atom is -0.0149 e. The van der Waals surface area contributed by atoms with Crippen LogP contribution in [0.5, 0.6) is 0 Å². The fourth-order valence-electron chi connectivity index (χ4n) is 19.3. The van der Waals surface area contributed by atoms with Crippen LogP contribution in [0.15, 0.2) is 0 Å². The first kappa shape index (κ1) is 29.4. The predicted molar refractivity (Wildman–Crippen MR) is 196 cm³/mol. The summed E-state index contributed by atoms with van der Waals surface area (Å²) in [5, 5.41) is 0. The average Bonchev–Trinajstić information content (AvgIpc) is 3.00. The van der Waals surface area contributed by atoms with Crippen LogP contribution in [0.25, 0.3) is 0 Å². The maximum absolute atomic E-state index is 1.75. The second kappa shape index (κ2) is 11.2. The van der Waals surface area contributed by atoms with E-state index in [0.717, 1.165) is 0 Å². The molecule has 16 aliphatic rings. The van der Waals surface area contributed by atoms with Crippen molar-refractivity contribution in [1.82, 2.24) is 0 Å². The summed E-state index contributed by atoms with van der Waals surface area (Å²) >= 11 is 0. The summed E-state index contributed by atoms with van der Waals surface area (Å²) < 4.78 is 0. The number of hydrogen-bond donors (Lipinski definition) is 0. The molecule has 0 nitrogen and oxygen atoms in total. The van der Waals surface area contributed by atoms with E-state index in [9.17, 15) is 0 Å². The van der Waals surface area contributed by atoms with E-state index >= 15 is 0 Å². The van der Waals surface area contributed by atoms with Crippen LogP contribution in [-0.2, 0) is 0 Å². The van der Waals surface area contributed by atoms with Crippen LogP contribution in [0.2, 0.25) is 0 Å². The summed E-state index contributed by atoms with van der Waals surface area (Å²) in [6, 6.07) is 0. The SMILES string of the molecule is C(CCP(C1C2CC3CC(C2)CC1C3)C1C2CC3CC(C2)CC1C3)CP(C1C2CC3CC(C2)CC1C3)C1C2CC3CC(C2)CC1C3. The molecule has 0 N–H and O–H groups in total. The monoisotopic (exact) mass is 658 g/mol. The Morgan fingerprint density at radius 2 is 0.413 bits per heavy atom. The molecule has 0 aromatic heterocycles. The minimum atomic E-state index is 0.267. The third-order valence-corrected chi connectivity index (χ3v) is 27.4. The Morgan fingerprint density at radius 1 is 0.239 bits per heavy atom. The molecule has 0 aromatic carbocycles. The van der Waals surface area contributed by atoms with Gasteiger partial charge in [0, 0.05) is 0 Å². The second-order valence-corrected chi connectivity index (χ2v) is 27.2. The Balaban J connectivity index is 0.808. The third kappa shape index (κ3) is 4.68. The van der Waals surface area contributed by atoms with Gasteiger partial charge in [-0.05, 0) is 271 Å². The Hall–Kier alpha value is 0.860. The molecule has 16 saturated carbocycles. The molecule has 2 heteroatoms. The largest absolute Gasteiger partial charge is 0.0992 e. The lowest BCUT2D eigenvalue weighted by atomic mass is 9.55. The van der Waals surface area contributed by atoms with Crippen LogP contribution < -0.4 is 0 Å². The molecule has 0 unspecified atom stereocenters. The van der Waals surface area contributed by atoms with Gasteiger partial charge in [-0.15, -0.1) is 0 Å². The summed E-state index contributed by atoms with van der Waals surface area (Å²) in [5.41, 5.74) is 4.95. The standard InChI is InChI=1S/C44H68P2/c1(3-45(41-33-9-25-5-26(11-33)12-34(41)10-25)42-35-13-27-6-28(15-35)16-36(42)14-27)2-4-46(43-37-17-29-7-30(19-37)20-38(43)18-29)44-39-21-31-8-32(23-39)24-40(44)22-31/h25-44H,1-24H2. The predicted octanol–water partition coefficient (Wildman–Crippen LogP) is 12.0. The van der Waals surface area contributed by atoms with E-state index in [2.05, 4.69) is 0 Å². The highest BCUT2D eigenvalue weighted by molar-refractivity contribution is 7.59. The van der Waals surface area contributed by atoms with Crippen molar-refractivity contribution in [3.63, 3.8) is 0 Å². The van der Waals surface area contributed by atoms with Crippen LogP contribution in [0.4, 0.5) is 0 Å². The highest BCUT2D eigenvalue weighted by atomic mass is 31.1. The van der Waals surface area contributed by atoms with E-state index in [1.54, 1.807) is 154 Å². The van der Waals surface area contributed by atoms with E-state index in [0.29, 0.717) is 0 Å². The van der Waals surface area contributed by atoms with E-state index in [4.69, 9.17) is 0 Å². The fourth-order valence-corrected chi connectivity index (χ4v) is 28.8. The quantitative estimate of drug-likeness (QED) is 0.171. The van der Waals surface area contributed by atoms with Crippen molar-refractivity contribution in [2.75, 3.05) is 12.3 Å². The molecule has 0 heterocycles. The van der Waals surface area contributed by atoms with Crippen LogP contribution >= 0.6 is 15.8 Å². The first-order valence-electron chi connectivity index (χ1n) is 22.2. The van der Waals surface area contributed by atoms with Gasteiger partial charge in [0.2, 0.25) is 0 Å². The van der Waals surface area contributed by atoms with E-state index in [-0.39, 0.29) is 15.8 Å². The lowest BCUT2D eigenvalue weighted by Crippen LogP contribution is -2.53. The van der Waals surface area contributed by atoms with Crippen molar-refractivity contribution in [2.24, 2.45) is 94.7 Å². The van der Waals surface area contributed by atoms with Crippen LogP contribution in [-0.4, -0.2) is 35.0 Å². The molecule has 0 amide bonds. The molecule has 0 spiro atoms. The first-order chi connectivity index (χ1) is 22.6. The number of rotatable bonds is 9. The van der Waals surface area contributed by atoms with Crippen LogP contribution in [0.3, 0.4) is 0 Å². The number of unbranched alkanes of at least 4 members (excludes halogenated alkanes) is 1. The minimum Gasteiger partial charge on any atom is -0.0992 e. The zero-order chi connectivity index (χ0) is 29.7. The van der Waals surface area contributed by atoms with Gasteiger partial charge in [-0.25, -0.2) is 0 Å². The molecule has 46 heavy (non-hydrogen) atoms. The zero-order valence-corrected chi connectivity index (χ0v) is 31.2. The minimum absolute atomic E-state index is 0.267. The van der Waals surface area contributed by atoms with Crippen molar-refractivity contribution >= 4 is 15.8 Å². The maximum atomic E-state index is 1.75. The summed E-state index contributed by atoms with van der Waals surface area (Å²) in [4.78, 5) is 0. The average molecular weight is 659 g/mol. The normalized spacial score (nSPS) is 60.8. The summed E-state index contributed by atoms with van der Waals surface area (Å²) in [7, 11) is 0.535. The third-order valence-electron chi connectivity index (χ3n) is 19.3. The van der Waals surface area contributed by atoms with Crippen molar-refractivity contribution in [3.8, 4) is 0 Å². The number of hydrogen-bond acceptors (Lipinski definition) is 0. The van der Waals surface area contributed by atoms with Gasteiger partial charge in [0.25, 0.3) is 0 Å². The van der Waals surface area contributed by atoms with E-state index in [1.165, 1.54) is 117 Å². The van der Waals surface area contributed by atoms with Crippen molar-refractivity contribution < 1.29 is 0 Å². The van der Waals surface area contributed by atoms with Gasteiger partial charge in [0.05, 0.1) is 0 Å². The highest BCUT2D eigenvalue weighted by Crippen LogP contribution is 2.73. The summed E-state index contributed by atoms with van der Waals surface area (Å²) in [5.74, 6) is 18.9. The van der Waals surface area contributed by atoms with Gasteiger partial charge in [-0.1, -0.05) is 15.8 Å². The Labute approximate surface area is 285 Å². The molecular weight excluding hydrogens is 590 g/mol. The Morgan fingerprint density at radius 3 is 0.587 bits per heavy atom. The van der Waals surface area contributed by atoms with Gasteiger partial charge < -0.3 is 0 Å². The molecule has 0 aromatic rings. The molecule has 254 valence electrons. The highest BCUT2D eigenvalue weighted by Gasteiger charge is 2.58. The molecular formula is C44H68P2. The van der Waals surface area contributed by atoms with Crippen molar-refractivity contribution in [3.05, 3.63) is 0 Å². The lowest BCUT2D eigenvalue weighted by Gasteiger charge is -2.62. The van der Waals surface area contributed by atoms with Gasteiger partial charge in [0.1, 0.15) is 0 Å². The Bertz CT molecular complexity index is 886. The zero-order valence-electron chi connectivity index (χ0n) is 29.4. The van der Waals surface area contributed by atoms with E-state index in [1.807, 2.05) is 0 Å². The second-order valence-electron chi connectivity index (χ2n) is 21.9. The molecule has 0 radical (unpaired) electrons. The molecule has 16 bridgehead atoms. The van der Waals surface area contributed by atoms with Gasteiger partial charge >= 0.3 is 0 Å². The van der Waals surface area contributed by atoms with Gasteiger partial charge in [-0.2, -0.15) is 0 Å². The topological polar surface area (TPSA) is 0 Å². The molecule has 0 aliphatic heterocycles. The summed E-state index contributed by atoms with van der Waals surface area (Å²) in [6.07, 6.45) is 40.5. The van der Waals surface area contributed by atoms with Crippen LogP contribution in [0, 0.1) is 94.7 Å². The van der Waals surface area contributed by atoms with Crippen LogP contribution in [0.1, 0.15) is 141 Å². The fraction of sp³-hybridized carbons (Fsp3) is 1.00. The molecule has 16 fully saturated rings. The first-order valence-corrected chi connectivity index (χ1v) is 25.5. The van der Waals surface area contributed by atoms with Gasteiger partial charge in [0.15, 0.2) is 0 Å². The van der Waals surface area contributed by atoms with Crippen molar-refractivity contribution in [2.45, 2.75) is 164 Å². The smallest absolute Gasteiger partial charge is 0.0149 e.